The fraction of sp³-hybridized carbons (Fsp3) is 0.550. The summed E-state index contributed by atoms with van der Waals surface area (Å²) >= 11 is 0. The molecule has 1 aromatic heterocycles. The molecular formula is C20H21F6N3O2. The number of rotatable bonds is 3. The molecule has 3 rings (SSSR count). The SMILES string of the molecule is CC1CCNCC(=O)CC(Cc2nc(-c3cc(C(F)(F)F)cc(C(F)(F)F)c3)no2)C1. The van der Waals surface area contributed by atoms with Gasteiger partial charge >= 0.3 is 12.4 Å². The van der Waals surface area contributed by atoms with E-state index in [4.69, 9.17) is 4.52 Å². The van der Waals surface area contributed by atoms with Crippen LogP contribution in [-0.2, 0) is 23.6 Å². The van der Waals surface area contributed by atoms with Crippen LogP contribution in [0.4, 0.5) is 26.3 Å². The van der Waals surface area contributed by atoms with Gasteiger partial charge in [-0.25, -0.2) is 0 Å². The van der Waals surface area contributed by atoms with Crippen molar-refractivity contribution in [2.75, 3.05) is 13.1 Å². The molecule has 0 radical (unpaired) electrons. The molecular weight excluding hydrogens is 428 g/mol. The predicted octanol–water partition coefficient (Wildman–Crippen LogP) is 4.91. The molecule has 2 heterocycles. The first-order chi connectivity index (χ1) is 14.4. The van der Waals surface area contributed by atoms with E-state index in [2.05, 4.69) is 15.5 Å². The molecule has 1 aliphatic heterocycles. The van der Waals surface area contributed by atoms with Crippen LogP contribution in [0, 0.1) is 11.8 Å². The smallest absolute Gasteiger partial charge is 0.339 e. The van der Waals surface area contributed by atoms with Gasteiger partial charge < -0.3 is 9.84 Å². The summed E-state index contributed by atoms with van der Waals surface area (Å²) in [6, 6.07) is 1.16. The summed E-state index contributed by atoms with van der Waals surface area (Å²) in [5.74, 6) is -0.0630. The first kappa shape index (κ1) is 23.2. The Hall–Kier alpha value is -2.43. The highest BCUT2D eigenvalue weighted by Crippen LogP contribution is 2.38. The molecule has 0 spiro atoms. The fourth-order valence-corrected chi connectivity index (χ4v) is 3.68. The van der Waals surface area contributed by atoms with E-state index in [0.717, 1.165) is 13.0 Å². The molecule has 1 aromatic carbocycles. The van der Waals surface area contributed by atoms with Crippen molar-refractivity contribution in [3.8, 4) is 11.4 Å². The van der Waals surface area contributed by atoms with Crippen molar-refractivity contribution >= 4 is 5.78 Å². The number of ketones is 1. The van der Waals surface area contributed by atoms with Gasteiger partial charge in [0.25, 0.3) is 0 Å². The van der Waals surface area contributed by atoms with Crippen molar-refractivity contribution in [3.63, 3.8) is 0 Å². The summed E-state index contributed by atoms with van der Waals surface area (Å²) in [7, 11) is 0. The molecule has 1 N–H and O–H groups in total. The second-order valence-corrected chi connectivity index (χ2v) is 7.93. The lowest BCUT2D eigenvalue weighted by atomic mass is 9.88. The fourth-order valence-electron chi connectivity index (χ4n) is 3.68. The predicted molar refractivity (Wildman–Crippen MR) is 97.8 cm³/mol. The molecule has 0 aliphatic carbocycles. The van der Waals surface area contributed by atoms with Gasteiger partial charge in [-0.05, 0) is 49.4 Å². The molecule has 1 fully saturated rings. The van der Waals surface area contributed by atoms with Crippen LogP contribution in [0.2, 0.25) is 0 Å². The Morgan fingerprint density at radius 1 is 1.10 bits per heavy atom. The lowest BCUT2D eigenvalue weighted by Gasteiger charge is -2.17. The van der Waals surface area contributed by atoms with E-state index in [1.54, 1.807) is 0 Å². The first-order valence-corrected chi connectivity index (χ1v) is 9.76. The molecule has 0 bridgehead atoms. The number of nitrogens with zero attached hydrogens (tertiary/aromatic N) is 2. The summed E-state index contributed by atoms with van der Waals surface area (Å²) in [4.78, 5) is 16.1. The van der Waals surface area contributed by atoms with Gasteiger partial charge in [0.15, 0.2) is 0 Å². The van der Waals surface area contributed by atoms with Gasteiger partial charge in [0, 0.05) is 18.4 Å². The molecule has 1 aliphatic rings. The Bertz CT molecular complexity index is 890. The standard InChI is InChI=1S/C20H21F6N3O2/c1-11-2-3-27-10-16(30)5-12(4-11)6-17-28-18(29-31-17)13-7-14(19(21,22)23)9-15(8-13)20(24,25)26/h7-9,11-12,27H,2-6,10H2,1H3. The molecule has 2 unspecified atom stereocenters. The normalized spacial score (nSPS) is 21.5. The van der Waals surface area contributed by atoms with Gasteiger partial charge in [-0.1, -0.05) is 12.1 Å². The van der Waals surface area contributed by atoms with Crippen LogP contribution in [0.15, 0.2) is 22.7 Å². The van der Waals surface area contributed by atoms with Gasteiger partial charge in [-0.3, -0.25) is 4.79 Å². The zero-order valence-corrected chi connectivity index (χ0v) is 16.6. The maximum atomic E-state index is 13.1. The Morgan fingerprint density at radius 2 is 1.74 bits per heavy atom. The van der Waals surface area contributed by atoms with Crippen LogP contribution in [0.5, 0.6) is 0 Å². The molecule has 5 nitrogen and oxygen atoms in total. The topological polar surface area (TPSA) is 68.0 Å². The number of nitrogens with one attached hydrogen (secondary N) is 1. The van der Waals surface area contributed by atoms with Crippen LogP contribution < -0.4 is 5.32 Å². The van der Waals surface area contributed by atoms with E-state index in [1.165, 1.54) is 0 Å². The van der Waals surface area contributed by atoms with Crippen LogP contribution in [0.25, 0.3) is 11.4 Å². The van der Waals surface area contributed by atoms with E-state index < -0.39 is 29.0 Å². The Morgan fingerprint density at radius 3 is 2.35 bits per heavy atom. The Balaban J connectivity index is 1.86. The molecule has 0 amide bonds. The van der Waals surface area contributed by atoms with Crippen LogP contribution in [-0.4, -0.2) is 29.0 Å². The number of alkyl halides is 6. The molecule has 11 heteroatoms. The summed E-state index contributed by atoms with van der Waals surface area (Å²) in [6.07, 6.45) is -7.85. The molecule has 31 heavy (non-hydrogen) atoms. The lowest BCUT2D eigenvalue weighted by molar-refractivity contribution is -0.143. The zero-order chi connectivity index (χ0) is 22.8. The molecule has 0 saturated carbocycles. The number of halogens is 6. The highest BCUT2D eigenvalue weighted by Gasteiger charge is 2.37. The first-order valence-electron chi connectivity index (χ1n) is 9.76. The maximum Gasteiger partial charge on any atom is 0.416 e. The van der Waals surface area contributed by atoms with Crippen molar-refractivity contribution in [1.29, 1.82) is 0 Å². The van der Waals surface area contributed by atoms with E-state index in [-0.39, 0.29) is 48.9 Å². The van der Waals surface area contributed by atoms with Crippen molar-refractivity contribution in [2.24, 2.45) is 11.8 Å². The molecule has 170 valence electrons. The third kappa shape index (κ3) is 6.28. The van der Waals surface area contributed by atoms with Crippen molar-refractivity contribution < 1.29 is 35.7 Å². The van der Waals surface area contributed by atoms with E-state index in [0.29, 0.717) is 24.5 Å². The van der Waals surface area contributed by atoms with Gasteiger partial charge in [0.1, 0.15) is 5.78 Å². The van der Waals surface area contributed by atoms with E-state index in [1.807, 2.05) is 6.92 Å². The minimum atomic E-state index is -4.97. The van der Waals surface area contributed by atoms with Crippen LogP contribution in [0.3, 0.4) is 0 Å². The quantitative estimate of drug-likeness (QED) is 0.675. The second-order valence-electron chi connectivity index (χ2n) is 7.93. The average molecular weight is 449 g/mol. The summed E-state index contributed by atoms with van der Waals surface area (Å²) in [6.45, 7) is 3.02. The van der Waals surface area contributed by atoms with Crippen molar-refractivity contribution in [2.45, 2.75) is 45.0 Å². The Kier molecular flexibility index (Phi) is 6.73. The third-order valence-electron chi connectivity index (χ3n) is 5.17. The van der Waals surface area contributed by atoms with Gasteiger partial charge in [0.2, 0.25) is 11.7 Å². The second kappa shape index (κ2) is 8.97. The summed E-state index contributed by atoms with van der Waals surface area (Å²) < 4.78 is 83.5. The van der Waals surface area contributed by atoms with E-state index >= 15 is 0 Å². The Labute approximate surface area is 174 Å². The number of Topliss-reactive ketones (excluding diaryl/α,β-unsaturated/α-hetero) is 1. The largest absolute Gasteiger partial charge is 0.416 e. The number of carbonyl (C=O) groups is 1. The summed E-state index contributed by atoms with van der Waals surface area (Å²) in [5.41, 5.74) is -3.35. The zero-order valence-electron chi connectivity index (χ0n) is 16.6. The minimum absolute atomic E-state index is 0.0199. The highest BCUT2D eigenvalue weighted by molar-refractivity contribution is 5.80. The highest BCUT2D eigenvalue weighted by atomic mass is 19.4. The van der Waals surface area contributed by atoms with Crippen molar-refractivity contribution in [3.05, 3.63) is 35.2 Å². The molecule has 2 aromatic rings. The monoisotopic (exact) mass is 449 g/mol. The number of hydrogen-bond donors (Lipinski definition) is 1. The van der Waals surface area contributed by atoms with E-state index in [9.17, 15) is 31.1 Å². The number of hydrogen-bond acceptors (Lipinski definition) is 5. The number of benzene rings is 1. The molecule has 2 atom stereocenters. The lowest BCUT2D eigenvalue weighted by Crippen LogP contribution is -2.24. The van der Waals surface area contributed by atoms with Crippen LogP contribution in [0.1, 0.15) is 43.2 Å². The minimum Gasteiger partial charge on any atom is -0.339 e. The number of aromatic nitrogens is 2. The van der Waals surface area contributed by atoms with Crippen molar-refractivity contribution in [1.82, 2.24) is 15.5 Å². The van der Waals surface area contributed by atoms with Crippen LogP contribution >= 0.6 is 0 Å². The van der Waals surface area contributed by atoms with Gasteiger partial charge in [0.05, 0.1) is 17.7 Å². The third-order valence-corrected chi connectivity index (χ3v) is 5.17. The summed E-state index contributed by atoms with van der Waals surface area (Å²) in [5, 5.41) is 6.65. The average Bonchev–Trinajstić information content (AvgIpc) is 3.13. The maximum absolute atomic E-state index is 13.1. The van der Waals surface area contributed by atoms with Gasteiger partial charge in [-0.15, -0.1) is 0 Å². The molecule has 1 saturated heterocycles. The van der Waals surface area contributed by atoms with Gasteiger partial charge in [-0.2, -0.15) is 31.3 Å². The number of carbonyl (C=O) groups excluding carboxylic acids is 1.